The van der Waals surface area contributed by atoms with Gasteiger partial charge < -0.3 is 29.7 Å². The summed E-state index contributed by atoms with van der Waals surface area (Å²) in [4.78, 5) is 27.6. The van der Waals surface area contributed by atoms with Crippen molar-refractivity contribution < 1.29 is 19.0 Å². The molecule has 39 heavy (non-hydrogen) atoms. The van der Waals surface area contributed by atoms with E-state index in [2.05, 4.69) is 25.6 Å². The summed E-state index contributed by atoms with van der Waals surface area (Å²) in [5.41, 5.74) is 2.89. The molecule has 200 valence electrons. The highest BCUT2D eigenvalue weighted by atomic mass is 16.5. The van der Waals surface area contributed by atoms with Crippen molar-refractivity contribution in [1.29, 1.82) is 0 Å². The first-order valence-electron chi connectivity index (χ1n) is 12.6. The van der Waals surface area contributed by atoms with Crippen LogP contribution in [0, 0.1) is 0 Å². The summed E-state index contributed by atoms with van der Waals surface area (Å²) in [7, 11) is 3.70. The second-order valence-electron chi connectivity index (χ2n) is 9.22. The fourth-order valence-electron chi connectivity index (χ4n) is 3.97. The average molecular weight is 527 g/mol. The quantitative estimate of drug-likeness (QED) is 0.288. The van der Waals surface area contributed by atoms with E-state index < -0.39 is 0 Å². The van der Waals surface area contributed by atoms with Crippen molar-refractivity contribution >= 4 is 34.0 Å². The van der Waals surface area contributed by atoms with Crippen molar-refractivity contribution in [2.45, 2.75) is 19.1 Å². The smallest absolute Gasteiger partial charge is 0.249 e. The van der Waals surface area contributed by atoms with Gasteiger partial charge in [-0.2, -0.15) is 0 Å². The lowest BCUT2D eigenvalue weighted by atomic mass is 10.1. The van der Waals surface area contributed by atoms with Crippen molar-refractivity contribution in [3.63, 3.8) is 0 Å². The molecule has 0 spiro atoms. The largest absolute Gasteiger partial charge is 0.487 e. The lowest BCUT2D eigenvalue weighted by Gasteiger charge is -2.18. The van der Waals surface area contributed by atoms with Crippen LogP contribution < -0.4 is 20.1 Å². The van der Waals surface area contributed by atoms with Crippen LogP contribution in [0.25, 0.3) is 10.9 Å². The number of carbonyl (C=O) groups excluding carboxylic acids is 1. The average Bonchev–Trinajstić information content (AvgIpc) is 3.46. The lowest BCUT2D eigenvalue weighted by molar-refractivity contribution is -0.112. The minimum atomic E-state index is -0.275. The number of pyridine rings is 1. The molecular formula is C29H30N6O4. The van der Waals surface area contributed by atoms with E-state index >= 15 is 0 Å². The van der Waals surface area contributed by atoms with Crippen molar-refractivity contribution in [1.82, 2.24) is 19.9 Å². The molecule has 0 aliphatic carbocycles. The van der Waals surface area contributed by atoms with Crippen LogP contribution in [-0.2, 0) is 16.1 Å². The first kappa shape index (κ1) is 25.9. The van der Waals surface area contributed by atoms with E-state index in [-0.39, 0.29) is 12.0 Å². The predicted octanol–water partition coefficient (Wildman–Crippen LogP) is 4.53. The van der Waals surface area contributed by atoms with Crippen LogP contribution in [0.3, 0.4) is 0 Å². The van der Waals surface area contributed by atoms with Gasteiger partial charge in [0.1, 0.15) is 36.4 Å². The second-order valence-corrected chi connectivity index (χ2v) is 9.22. The first-order chi connectivity index (χ1) is 19.0. The number of ether oxygens (including phenoxy) is 3. The Kier molecular flexibility index (Phi) is 8.13. The predicted molar refractivity (Wildman–Crippen MR) is 149 cm³/mol. The van der Waals surface area contributed by atoms with E-state index in [1.54, 1.807) is 17.3 Å². The lowest BCUT2D eigenvalue weighted by Crippen LogP contribution is -2.18. The molecule has 0 bridgehead atoms. The van der Waals surface area contributed by atoms with E-state index in [0.29, 0.717) is 42.6 Å². The van der Waals surface area contributed by atoms with E-state index in [1.165, 1.54) is 12.4 Å². The maximum absolute atomic E-state index is 12.6. The maximum atomic E-state index is 12.6. The number of nitrogens with one attached hydrogen (secondary N) is 2. The molecule has 1 aliphatic heterocycles. The standard InChI is InChI=1S/C29H30N6O4/c1-35(2)13-10-28(36)34-26-15-24-25(16-27(26)39-23-11-14-37-18-23)31-19-32-29(24)33-20-6-8-22(9-7-20)38-17-21-5-3-4-12-30-21/h3-10,12-13,15-16,19,23H,11,14,17-18H2,1-2H3,(H,34,36)(H,31,32,33)/b13-10+. The second kappa shape index (κ2) is 12.2. The highest BCUT2D eigenvalue weighted by Crippen LogP contribution is 2.35. The number of anilines is 3. The van der Waals surface area contributed by atoms with Gasteiger partial charge in [-0.05, 0) is 42.5 Å². The van der Waals surface area contributed by atoms with Crippen molar-refractivity contribution in [2.24, 2.45) is 0 Å². The summed E-state index contributed by atoms with van der Waals surface area (Å²) < 4.78 is 17.5. The van der Waals surface area contributed by atoms with Crippen LogP contribution in [0.4, 0.5) is 17.2 Å². The summed E-state index contributed by atoms with van der Waals surface area (Å²) in [6.07, 6.45) is 7.08. The van der Waals surface area contributed by atoms with Gasteiger partial charge in [0.25, 0.3) is 0 Å². The summed E-state index contributed by atoms with van der Waals surface area (Å²) in [5, 5.41) is 7.01. The van der Waals surface area contributed by atoms with Gasteiger partial charge in [0, 0.05) is 56.1 Å². The summed E-state index contributed by atoms with van der Waals surface area (Å²) in [6, 6.07) is 17.0. The minimum Gasteiger partial charge on any atom is -0.487 e. The first-order valence-corrected chi connectivity index (χ1v) is 12.6. The number of aromatic nitrogens is 3. The Morgan fingerprint density at radius 3 is 2.74 bits per heavy atom. The third-order valence-corrected chi connectivity index (χ3v) is 5.93. The molecule has 1 amide bonds. The topological polar surface area (TPSA) is 111 Å². The van der Waals surface area contributed by atoms with Crippen molar-refractivity contribution in [3.8, 4) is 11.5 Å². The van der Waals surface area contributed by atoms with Crippen LogP contribution in [0.5, 0.6) is 11.5 Å². The van der Waals surface area contributed by atoms with Gasteiger partial charge in [0.15, 0.2) is 0 Å². The number of amides is 1. The summed E-state index contributed by atoms with van der Waals surface area (Å²) in [5.74, 6) is 1.58. The van der Waals surface area contributed by atoms with E-state index in [0.717, 1.165) is 28.9 Å². The molecule has 0 saturated carbocycles. The maximum Gasteiger partial charge on any atom is 0.249 e. The molecule has 1 unspecified atom stereocenters. The van der Waals surface area contributed by atoms with E-state index in [4.69, 9.17) is 14.2 Å². The molecule has 1 atom stereocenters. The molecule has 5 rings (SSSR count). The number of fused-ring (bicyclic) bond motifs is 1. The van der Waals surface area contributed by atoms with E-state index in [9.17, 15) is 4.79 Å². The zero-order valence-corrected chi connectivity index (χ0v) is 21.8. The Bertz CT molecular complexity index is 1440. The Balaban J connectivity index is 1.37. The number of benzene rings is 2. The van der Waals surface area contributed by atoms with Crippen molar-refractivity contribution in [3.05, 3.63) is 85.1 Å². The van der Waals surface area contributed by atoms with Gasteiger partial charge in [0.05, 0.1) is 30.1 Å². The van der Waals surface area contributed by atoms with Crippen molar-refractivity contribution in [2.75, 3.05) is 37.9 Å². The molecule has 1 aliphatic rings. The monoisotopic (exact) mass is 526 g/mol. The molecule has 0 radical (unpaired) electrons. The molecule has 2 aromatic carbocycles. The molecule has 1 saturated heterocycles. The number of carbonyl (C=O) groups is 1. The van der Waals surface area contributed by atoms with Crippen LogP contribution in [0.1, 0.15) is 12.1 Å². The molecule has 2 aromatic heterocycles. The number of hydrogen-bond donors (Lipinski definition) is 2. The zero-order chi connectivity index (χ0) is 27.0. The van der Waals surface area contributed by atoms with Gasteiger partial charge in [-0.25, -0.2) is 9.97 Å². The zero-order valence-electron chi connectivity index (χ0n) is 21.8. The molecule has 4 aromatic rings. The minimum absolute atomic E-state index is 0.0896. The number of nitrogens with zero attached hydrogens (tertiary/aromatic N) is 4. The highest BCUT2D eigenvalue weighted by Gasteiger charge is 2.20. The number of rotatable bonds is 10. The third kappa shape index (κ3) is 6.99. The molecule has 3 heterocycles. The van der Waals surface area contributed by atoms with Gasteiger partial charge in [-0.15, -0.1) is 0 Å². The summed E-state index contributed by atoms with van der Waals surface area (Å²) >= 11 is 0. The number of hydrogen-bond acceptors (Lipinski definition) is 9. The normalized spacial score (nSPS) is 14.9. The Hall–Kier alpha value is -4.70. The fourth-order valence-corrected chi connectivity index (χ4v) is 3.97. The Morgan fingerprint density at radius 1 is 1.13 bits per heavy atom. The van der Waals surface area contributed by atoms with Gasteiger partial charge in [-0.1, -0.05) is 6.07 Å². The fraction of sp³-hybridized carbons (Fsp3) is 0.241. The summed E-state index contributed by atoms with van der Waals surface area (Å²) in [6.45, 7) is 1.54. The molecule has 10 nitrogen and oxygen atoms in total. The van der Waals surface area contributed by atoms with E-state index in [1.807, 2.05) is 68.7 Å². The van der Waals surface area contributed by atoms with Crippen LogP contribution in [0.2, 0.25) is 0 Å². The van der Waals surface area contributed by atoms with Gasteiger partial charge >= 0.3 is 0 Å². The molecule has 2 N–H and O–H groups in total. The molecule has 10 heteroatoms. The Labute approximate surface area is 226 Å². The van der Waals surface area contributed by atoms with Crippen LogP contribution in [-0.4, -0.2) is 59.2 Å². The van der Waals surface area contributed by atoms with Crippen LogP contribution >= 0.6 is 0 Å². The van der Waals surface area contributed by atoms with Crippen LogP contribution in [0.15, 0.2) is 79.4 Å². The molecular weight excluding hydrogens is 496 g/mol. The third-order valence-electron chi connectivity index (χ3n) is 5.93. The SMILES string of the molecule is CN(C)/C=C/C(=O)Nc1cc2c(Nc3ccc(OCc4ccccn4)cc3)ncnc2cc1OC1CCOC1. The molecule has 1 fully saturated rings. The van der Waals surface area contributed by atoms with Gasteiger partial charge in [-0.3, -0.25) is 9.78 Å². The highest BCUT2D eigenvalue weighted by molar-refractivity contribution is 6.03. The van der Waals surface area contributed by atoms with Gasteiger partial charge in [0.2, 0.25) is 5.91 Å². The Morgan fingerprint density at radius 2 is 2.00 bits per heavy atom.